The normalized spacial score (nSPS) is 11.1. The van der Waals surface area contributed by atoms with Gasteiger partial charge in [0.15, 0.2) is 0 Å². The van der Waals surface area contributed by atoms with Crippen LogP contribution < -0.4 is 5.19 Å². The van der Waals surface area contributed by atoms with Gasteiger partial charge in [-0.3, -0.25) is 0 Å². The molecule has 2 nitrogen and oxygen atoms in total. The molecule has 6 heteroatoms. The van der Waals surface area contributed by atoms with Crippen molar-refractivity contribution in [3.8, 4) is 33.6 Å². The predicted octanol–water partition coefficient (Wildman–Crippen LogP) is 10.1. The molecule has 0 amide bonds. The zero-order valence-electron chi connectivity index (χ0n) is 25.0. The van der Waals surface area contributed by atoms with Gasteiger partial charge in [0.2, 0.25) is 0 Å². The number of halogens is 1. The number of benzene rings is 4. The molecule has 0 unspecified atom stereocenters. The summed E-state index contributed by atoms with van der Waals surface area (Å²) in [5.41, 5.74) is 7.48. The van der Waals surface area contributed by atoms with Gasteiger partial charge >= 0.3 is 0 Å². The molecule has 221 valence electrons. The number of hydrogen-bond donors (Lipinski definition) is 0. The fourth-order valence-corrected chi connectivity index (χ4v) is 8.07. The van der Waals surface area contributed by atoms with E-state index >= 15 is 0 Å². The molecule has 7 aromatic rings. The van der Waals surface area contributed by atoms with Crippen molar-refractivity contribution in [2.75, 3.05) is 0 Å². The molecule has 0 aliphatic heterocycles. The van der Waals surface area contributed by atoms with Crippen molar-refractivity contribution in [1.29, 1.82) is 0 Å². The van der Waals surface area contributed by atoms with Crippen molar-refractivity contribution in [2.45, 2.75) is 26.6 Å². The third-order valence-electron chi connectivity index (χ3n) is 7.43. The molecule has 1 radical (unpaired) electrons. The number of pyridine rings is 2. The molecule has 0 saturated heterocycles. The summed E-state index contributed by atoms with van der Waals surface area (Å²) in [4.78, 5) is 9.00. The summed E-state index contributed by atoms with van der Waals surface area (Å²) >= 11 is 1.75. The fraction of sp³-hybridized carbons (Fsp3) is 0.105. The van der Waals surface area contributed by atoms with Gasteiger partial charge in [-0.1, -0.05) is 73.1 Å². The number of aryl methyl sites for hydroxylation is 1. The number of nitrogens with zero attached hydrogens (tertiary/aromatic N) is 2. The minimum atomic E-state index is -1.27. The monoisotopic (exact) mass is 787 g/mol. The standard InChI is InChI=1S/C23H13FNS.C15H18NSi.Ir/c24-18-8-4-15(5-9-18)16-6-10-19-20-13-17(21-3-1-2-12-25-21)7-11-22(20)26-23(19)14-16;1-12-10-14(13-8-6-5-7-9-13)16-11-15(12)17(2,3)4;/h1-6,8-14H;5-8,10-11H,1-4H3;/q2*-1;. The van der Waals surface area contributed by atoms with E-state index in [0.717, 1.165) is 33.6 Å². The minimum Gasteiger partial charge on any atom is -0.305 e. The molecule has 0 atom stereocenters. The Bertz CT molecular complexity index is 2020. The Kier molecular flexibility index (Phi) is 9.67. The van der Waals surface area contributed by atoms with E-state index in [1.54, 1.807) is 17.5 Å². The first-order valence-corrected chi connectivity index (χ1v) is 18.6. The van der Waals surface area contributed by atoms with E-state index in [1.165, 1.54) is 43.1 Å². The summed E-state index contributed by atoms with van der Waals surface area (Å²) < 4.78 is 15.6. The van der Waals surface area contributed by atoms with Gasteiger partial charge in [-0.2, -0.15) is 11.3 Å². The molecule has 0 N–H and O–H groups in total. The summed E-state index contributed by atoms with van der Waals surface area (Å²) in [6, 6.07) is 39.9. The van der Waals surface area contributed by atoms with Crippen molar-refractivity contribution < 1.29 is 24.5 Å². The maximum absolute atomic E-state index is 13.2. The molecule has 0 bridgehead atoms. The van der Waals surface area contributed by atoms with Crippen molar-refractivity contribution in [2.24, 2.45) is 0 Å². The molecular weight excluding hydrogens is 756 g/mol. The molecule has 0 saturated carbocycles. The van der Waals surface area contributed by atoms with E-state index in [1.807, 2.05) is 54.6 Å². The van der Waals surface area contributed by atoms with Crippen LogP contribution in [-0.2, 0) is 20.1 Å². The van der Waals surface area contributed by atoms with E-state index in [2.05, 4.69) is 91.3 Å². The summed E-state index contributed by atoms with van der Waals surface area (Å²) in [6.07, 6.45) is 3.85. The van der Waals surface area contributed by atoms with Gasteiger partial charge in [-0.25, -0.2) is 4.39 Å². The average molecular weight is 787 g/mol. The Morgan fingerprint density at radius 3 is 2.16 bits per heavy atom. The smallest absolute Gasteiger partial charge is 0.123 e. The van der Waals surface area contributed by atoms with Gasteiger partial charge in [0.25, 0.3) is 0 Å². The van der Waals surface area contributed by atoms with Crippen molar-refractivity contribution in [3.05, 3.63) is 139 Å². The predicted molar refractivity (Wildman–Crippen MR) is 183 cm³/mol. The number of thiophene rings is 1. The Morgan fingerprint density at radius 1 is 0.705 bits per heavy atom. The SMILES string of the molecule is Cc1cc(-c2[c-]cccc2)ncc1[Si](C)(C)C.Fc1ccc(-c2ccc3c(c2)sc2c[c-]c(-c4ccccn4)cc23)cc1.[Ir]. The molecular formula is C38H31FIrN2SSi-2. The average Bonchev–Trinajstić information content (AvgIpc) is 3.39. The van der Waals surface area contributed by atoms with E-state index in [9.17, 15) is 4.39 Å². The fourth-order valence-electron chi connectivity index (χ4n) is 5.25. The first-order chi connectivity index (χ1) is 20.8. The maximum Gasteiger partial charge on any atom is 0.123 e. The number of fused-ring (bicyclic) bond motifs is 3. The van der Waals surface area contributed by atoms with Crippen LogP contribution in [0, 0.1) is 24.9 Å². The third kappa shape index (κ3) is 6.95. The zero-order chi connectivity index (χ0) is 30.0. The van der Waals surface area contributed by atoms with Crippen LogP contribution in [0.15, 0.2) is 116 Å². The summed E-state index contributed by atoms with van der Waals surface area (Å²) in [7, 11) is -1.27. The van der Waals surface area contributed by atoms with Gasteiger partial charge in [0.05, 0.1) is 8.07 Å². The van der Waals surface area contributed by atoms with Gasteiger partial charge in [-0.15, -0.1) is 59.7 Å². The Labute approximate surface area is 277 Å². The van der Waals surface area contributed by atoms with E-state index in [0.29, 0.717) is 0 Å². The Balaban J connectivity index is 0.000000187. The zero-order valence-corrected chi connectivity index (χ0v) is 29.2. The molecule has 3 aromatic heterocycles. The summed E-state index contributed by atoms with van der Waals surface area (Å²) in [5.74, 6) is -0.214. The number of rotatable bonds is 4. The van der Waals surface area contributed by atoms with E-state index < -0.39 is 8.07 Å². The van der Waals surface area contributed by atoms with Gasteiger partial charge in [0, 0.05) is 37.2 Å². The van der Waals surface area contributed by atoms with Crippen LogP contribution in [0.3, 0.4) is 0 Å². The van der Waals surface area contributed by atoms with Gasteiger partial charge in [-0.05, 0) is 69.0 Å². The van der Waals surface area contributed by atoms with Crippen LogP contribution in [0.1, 0.15) is 5.56 Å². The van der Waals surface area contributed by atoms with Gasteiger partial charge in [0.1, 0.15) is 5.82 Å². The van der Waals surface area contributed by atoms with Crippen molar-refractivity contribution >= 4 is 44.8 Å². The minimum absolute atomic E-state index is 0. The molecule has 44 heavy (non-hydrogen) atoms. The Morgan fingerprint density at radius 2 is 1.48 bits per heavy atom. The van der Waals surface area contributed by atoms with Crippen molar-refractivity contribution in [1.82, 2.24) is 9.97 Å². The third-order valence-corrected chi connectivity index (χ3v) is 10.7. The second-order valence-electron chi connectivity index (χ2n) is 11.6. The second kappa shape index (κ2) is 13.5. The first-order valence-electron chi connectivity index (χ1n) is 14.3. The largest absolute Gasteiger partial charge is 0.305 e. The van der Waals surface area contributed by atoms with Crippen LogP contribution in [-0.4, -0.2) is 18.0 Å². The molecule has 0 aliphatic carbocycles. The van der Waals surface area contributed by atoms with Crippen LogP contribution in [0.25, 0.3) is 53.8 Å². The van der Waals surface area contributed by atoms with Crippen LogP contribution in [0.5, 0.6) is 0 Å². The second-order valence-corrected chi connectivity index (χ2v) is 17.7. The molecule has 0 fully saturated rings. The molecule has 0 aliphatic rings. The van der Waals surface area contributed by atoms with Crippen molar-refractivity contribution in [3.63, 3.8) is 0 Å². The van der Waals surface area contributed by atoms with E-state index in [-0.39, 0.29) is 25.9 Å². The first kappa shape index (κ1) is 31.6. The van der Waals surface area contributed by atoms with Crippen LogP contribution in [0.2, 0.25) is 19.6 Å². The van der Waals surface area contributed by atoms with Crippen LogP contribution >= 0.6 is 11.3 Å². The Hall–Kier alpha value is -3.80. The molecule has 0 spiro atoms. The number of aromatic nitrogens is 2. The molecule has 7 rings (SSSR count). The van der Waals surface area contributed by atoms with Gasteiger partial charge < -0.3 is 9.97 Å². The molecule has 3 heterocycles. The summed E-state index contributed by atoms with van der Waals surface area (Å²) in [6.45, 7) is 9.24. The van der Waals surface area contributed by atoms with Crippen LogP contribution in [0.4, 0.5) is 4.39 Å². The topological polar surface area (TPSA) is 25.8 Å². The quantitative estimate of drug-likeness (QED) is 0.131. The van der Waals surface area contributed by atoms with E-state index in [4.69, 9.17) is 0 Å². The summed E-state index contributed by atoms with van der Waals surface area (Å²) in [5, 5.41) is 3.88. The number of hydrogen-bond acceptors (Lipinski definition) is 3. The maximum atomic E-state index is 13.2. The molecule has 4 aromatic carbocycles.